The minimum Gasteiger partial charge on any atom is -0.507 e. The van der Waals surface area contributed by atoms with Crippen molar-refractivity contribution in [3.05, 3.63) is 126 Å². The van der Waals surface area contributed by atoms with Gasteiger partial charge in [-0.1, -0.05) is 126 Å². The zero-order valence-electron chi connectivity index (χ0n) is 34.6. The monoisotopic (exact) mass is 726 g/mol. The Labute approximate surface area is 325 Å². The first-order valence-corrected chi connectivity index (χ1v) is 19.6. The van der Waals surface area contributed by atoms with Crippen molar-refractivity contribution in [1.29, 1.82) is 0 Å². The molecule has 55 heavy (non-hydrogen) atoms. The maximum atomic E-state index is 12.1. The summed E-state index contributed by atoms with van der Waals surface area (Å²) < 4.78 is 4.63. The molecule has 0 aliphatic carbocycles. The average molecular weight is 727 g/mol. The SMILES string of the molecule is CC(C)(C)c1ccnc(-n2c3ccccc3c3cc4c5ccccc5n(-c5cc(C(C)(C)C)cc(-c6cc(C(C)(C)C)cc(C(C)(C)C)c6O)n5)c4cc32)c1. The highest BCUT2D eigenvalue weighted by Gasteiger charge is 2.28. The molecule has 0 fully saturated rings. The van der Waals surface area contributed by atoms with Gasteiger partial charge in [-0.05, 0) is 92.9 Å². The van der Waals surface area contributed by atoms with Gasteiger partial charge < -0.3 is 5.11 Å². The van der Waals surface area contributed by atoms with Crippen LogP contribution in [0.25, 0.3) is 66.5 Å². The number of phenolic OH excluding ortho intramolecular Hbond substituents is 1. The second kappa shape index (κ2) is 12.3. The van der Waals surface area contributed by atoms with Gasteiger partial charge in [0.25, 0.3) is 0 Å². The van der Waals surface area contributed by atoms with Gasteiger partial charge in [0.2, 0.25) is 0 Å². The Kier molecular flexibility index (Phi) is 8.17. The van der Waals surface area contributed by atoms with Gasteiger partial charge >= 0.3 is 0 Å². The molecule has 5 nitrogen and oxygen atoms in total. The van der Waals surface area contributed by atoms with Crippen molar-refractivity contribution in [2.75, 3.05) is 0 Å². The number of hydrogen-bond acceptors (Lipinski definition) is 3. The van der Waals surface area contributed by atoms with Crippen LogP contribution in [0.2, 0.25) is 0 Å². The second-order valence-corrected chi connectivity index (χ2v) is 19.5. The van der Waals surface area contributed by atoms with E-state index in [2.05, 4.69) is 189 Å². The molecule has 8 aromatic rings. The lowest BCUT2D eigenvalue weighted by Gasteiger charge is -2.28. The van der Waals surface area contributed by atoms with Gasteiger partial charge in [-0.3, -0.25) is 9.13 Å². The van der Waals surface area contributed by atoms with Crippen LogP contribution in [0, 0.1) is 0 Å². The van der Waals surface area contributed by atoms with E-state index < -0.39 is 0 Å². The standard InChI is InChI=1S/C50H54N4O/c1-47(2,3)30-21-22-51-44(26-30)53-40-19-15-13-17-33(40)35-28-36-34-18-14-16-20-41(34)54(43(36)29-42(35)53)45-27-32(49(7,8)9)25-39(52-45)37-23-31(48(4,5)6)24-38(46(37)55)50(10,11)12/h13-29,55H,1-12H3. The van der Waals surface area contributed by atoms with E-state index in [1.807, 2.05) is 6.20 Å². The molecule has 0 radical (unpaired) electrons. The Hall–Kier alpha value is -5.42. The third-order valence-electron chi connectivity index (χ3n) is 11.3. The van der Waals surface area contributed by atoms with E-state index in [9.17, 15) is 5.11 Å². The highest BCUT2D eigenvalue weighted by molar-refractivity contribution is 6.19. The maximum absolute atomic E-state index is 12.1. The zero-order valence-corrected chi connectivity index (χ0v) is 34.6. The molecule has 280 valence electrons. The molecule has 5 heteroatoms. The number of aromatic nitrogens is 4. The van der Waals surface area contributed by atoms with E-state index in [1.165, 1.54) is 32.7 Å². The van der Waals surface area contributed by atoms with Crippen LogP contribution in [-0.4, -0.2) is 24.2 Å². The molecule has 8 rings (SSSR count). The van der Waals surface area contributed by atoms with E-state index in [0.29, 0.717) is 5.75 Å². The second-order valence-electron chi connectivity index (χ2n) is 19.5. The van der Waals surface area contributed by atoms with Crippen molar-refractivity contribution in [2.24, 2.45) is 0 Å². The topological polar surface area (TPSA) is 55.9 Å². The fourth-order valence-corrected chi connectivity index (χ4v) is 7.97. The molecule has 0 aliphatic rings. The first-order valence-electron chi connectivity index (χ1n) is 19.6. The van der Waals surface area contributed by atoms with Gasteiger partial charge in [-0.25, -0.2) is 9.97 Å². The van der Waals surface area contributed by atoms with E-state index >= 15 is 0 Å². The fourth-order valence-electron chi connectivity index (χ4n) is 7.97. The fraction of sp³-hybridized carbons (Fsp3) is 0.320. The molecule has 0 saturated carbocycles. The van der Waals surface area contributed by atoms with Gasteiger partial charge in [-0.2, -0.15) is 0 Å². The molecule has 0 amide bonds. The van der Waals surface area contributed by atoms with Gasteiger partial charge in [-0.15, -0.1) is 0 Å². The number of hydrogen-bond donors (Lipinski definition) is 1. The summed E-state index contributed by atoms with van der Waals surface area (Å²) in [6.07, 6.45) is 1.94. The zero-order chi connectivity index (χ0) is 39.4. The summed E-state index contributed by atoms with van der Waals surface area (Å²) in [4.78, 5) is 10.5. The van der Waals surface area contributed by atoms with Gasteiger partial charge in [0.1, 0.15) is 17.4 Å². The molecule has 1 N–H and O–H groups in total. The third kappa shape index (κ3) is 6.18. The van der Waals surface area contributed by atoms with E-state index in [0.717, 1.165) is 56.1 Å². The third-order valence-corrected chi connectivity index (χ3v) is 11.3. The minimum absolute atomic E-state index is 0.0218. The summed E-state index contributed by atoms with van der Waals surface area (Å²) in [6.45, 7) is 26.6. The van der Waals surface area contributed by atoms with Crippen LogP contribution in [0.1, 0.15) is 105 Å². The number of pyridine rings is 2. The minimum atomic E-state index is -0.261. The number of benzene rings is 4. The Balaban J connectivity index is 1.48. The average Bonchev–Trinajstić information content (AvgIpc) is 3.61. The van der Waals surface area contributed by atoms with Crippen LogP contribution < -0.4 is 0 Å². The molecular formula is C50H54N4O. The molecule has 4 aromatic heterocycles. The van der Waals surface area contributed by atoms with Crippen molar-refractivity contribution < 1.29 is 5.11 Å². The molecule has 0 spiro atoms. The van der Waals surface area contributed by atoms with E-state index in [1.54, 1.807) is 0 Å². The predicted molar refractivity (Wildman–Crippen MR) is 233 cm³/mol. The van der Waals surface area contributed by atoms with Crippen LogP contribution in [0.15, 0.2) is 103 Å². The predicted octanol–water partition coefficient (Wildman–Crippen LogP) is 13.2. The number of phenols is 1. The van der Waals surface area contributed by atoms with Crippen LogP contribution in [0.5, 0.6) is 5.75 Å². The first-order chi connectivity index (χ1) is 25.7. The normalized spacial score (nSPS) is 13.2. The largest absolute Gasteiger partial charge is 0.507 e. The molecule has 0 unspecified atom stereocenters. The molecule has 4 aromatic carbocycles. The molecule has 0 bridgehead atoms. The Morgan fingerprint density at radius 1 is 0.455 bits per heavy atom. The first kappa shape index (κ1) is 36.6. The Bertz CT molecular complexity index is 2800. The molecule has 0 saturated heterocycles. The Morgan fingerprint density at radius 3 is 1.51 bits per heavy atom. The maximum Gasteiger partial charge on any atom is 0.138 e. The van der Waals surface area contributed by atoms with Crippen LogP contribution in [-0.2, 0) is 21.7 Å². The highest BCUT2D eigenvalue weighted by Crippen LogP contribution is 2.44. The lowest BCUT2D eigenvalue weighted by atomic mass is 9.78. The summed E-state index contributed by atoms with van der Waals surface area (Å²) >= 11 is 0. The van der Waals surface area contributed by atoms with E-state index in [-0.39, 0.29) is 21.7 Å². The van der Waals surface area contributed by atoms with Crippen molar-refractivity contribution in [3.63, 3.8) is 0 Å². The van der Waals surface area contributed by atoms with Crippen molar-refractivity contribution >= 4 is 43.6 Å². The van der Waals surface area contributed by atoms with Gasteiger partial charge in [0.05, 0.1) is 27.8 Å². The summed E-state index contributed by atoms with van der Waals surface area (Å²) in [5, 5.41) is 16.8. The lowest BCUT2D eigenvalue weighted by Crippen LogP contribution is -2.17. The number of aromatic hydroxyl groups is 1. The van der Waals surface area contributed by atoms with Gasteiger partial charge in [0.15, 0.2) is 0 Å². The van der Waals surface area contributed by atoms with E-state index in [4.69, 9.17) is 9.97 Å². The highest BCUT2D eigenvalue weighted by atomic mass is 16.3. The lowest BCUT2D eigenvalue weighted by molar-refractivity contribution is 0.446. The smallest absolute Gasteiger partial charge is 0.138 e. The summed E-state index contributed by atoms with van der Waals surface area (Å²) in [5.74, 6) is 2.02. The number of nitrogens with zero attached hydrogens (tertiary/aromatic N) is 4. The summed E-state index contributed by atoms with van der Waals surface area (Å²) in [5.41, 5.74) is 9.79. The van der Waals surface area contributed by atoms with Gasteiger partial charge in [0, 0.05) is 38.9 Å². The summed E-state index contributed by atoms with van der Waals surface area (Å²) in [7, 11) is 0. The van der Waals surface area contributed by atoms with Crippen molar-refractivity contribution in [3.8, 4) is 28.6 Å². The summed E-state index contributed by atoms with van der Waals surface area (Å²) in [6, 6.07) is 35.1. The van der Waals surface area contributed by atoms with Crippen molar-refractivity contribution in [1.82, 2.24) is 19.1 Å². The molecule has 4 heterocycles. The quantitative estimate of drug-likeness (QED) is 0.197. The molecule has 0 aliphatic heterocycles. The number of rotatable bonds is 3. The van der Waals surface area contributed by atoms with Crippen LogP contribution in [0.3, 0.4) is 0 Å². The Morgan fingerprint density at radius 2 is 0.964 bits per heavy atom. The van der Waals surface area contributed by atoms with Crippen molar-refractivity contribution in [2.45, 2.75) is 105 Å². The molecular weight excluding hydrogens is 673 g/mol. The number of para-hydroxylation sites is 2. The van der Waals surface area contributed by atoms with Crippen LogP contribution >= 0.6 is 0 Å². The molecule has 0 atom stereocenters. The van der Waals surface area contributed by atoms with Crippen LogP contribution in [0.4, 0.5) is 0 Å². The number of fused-ring (bicyclic) bond motifs is 6.